The maximum absolute atomic E-state index is 13.5. The van der Waals surface area contributed by atoms with E-state index in [2.05, 4.69) is 15.3 Å². The summed E-state index contributed by atoms with van der Waals surface area (Å²) in [5.74, 6) is -2.73. The predicted octanol–water partition coefficient (Wildman–Crippen LogP) is 5.15. The molecule has 0 saturated carbocycles. The number of carbonyl (C=O) groups is 1. The average molecular weight is 506 g/mol. The molecule has 0 unspecified atom stereocenters. The van der Waals surface area contributed by atoms with Gasteiger partial charge in [0, 0.05) is 17.5 Å². The van der Waals surface area contributed by atoms with Gasteiger partial charge in [-0.2, -0.15) is 13.2 Å². The Morgan fingerprint density at radius 2 is 1.86 bits per heavy atom. The van der Waals surface area contributed by atoms with Gasteiger partial charge in [0.1, 0.15) is 17.0 Å². The number of nitrogens with two attached hydrogens (primary N) is 1. The lowest BCUT2D eigenvalue weighted by molar-refractivity contribution is -0.140. The Labute approximate surface area is 201 Å². The highest BCUT2D eigenvalue weighted by atomic mass is 19.4. The van der Waals surface area contributed by atoms with E-state index in [0.29, 0.717) is 5.56 Å². The number of rotatable bonds is 6. The summed E-state index contributed by atoms with van der Waals surface area (Å²) < 4.78 is 77.2. The molecule has 3 N–H and O–H groups in total. The first-order valence-corrected chi connectivity index (χ1v) is 10.5. The van der Waals surface area contributed by atoms with Crippen LogP contribution in [0.4, 0.5) is 22.0 Å². The minimum absolute atomic E-state index is 0.0247. The fourth-order valence-electron chi connectivity index (χ4n) is 3.54. The van der Waals surface area contributed by atoms with Crippen molar-refractivity contribution in [3.8, 4) is 17.2 Å². The number of methoxy groups -OCH3 is 1. The number of alkyl halides is 3. The van der Waals surface area contributed by atoms with Crippen molar-refractivity contribution in [3.63, 3.8) is 0 Å². The number of nitrogens with zero attached hydrogens (tertiary/aromatic N) is 2. The van der Waals surface area contributed by atoms with Crippen LogP contribution in [0, 0.1) is 11.6 Å². The SMILES string of the molecule is COc1ccc(-c2nc(C(=O)NCc3ccc(F)c(F)c3)c([C@H](C)N)o2)c2ccc(C(F)(F)F)nc12. The van der Waals surface area contributed by atoms with E-state index >= 15 is 0 Å². The molecular formula is C24H19F5N4O3. The zero-order valence-corrected chi connectivity index (χ0v) is 18.9. The van der Waals surface area contributed by atoms with Crippen molar-refractivity contribution in [3.05, 3.63) is 76.8 Å². The molecule has 0 aliphatic carbocycles. The lowest BCUT2D eigenvalue weighted by Gasteiger charge is -2.11. The molecule has 0 aliphatic rings. The first-order valence-electron chi connectivity index (χ1n) is 10.5. The maximum atomic E-state index is 13.5. The molecule has 1 atom stereocenters. The minimum Gasteiger partial charge on any atom is -0.494 e. The van der Waals surface area contributed by atoms with Crippen LogP contribution in [-0.2, 0) is 12.7 Å². The van der Waals surface area contributed by atoms with Crippen molar-refractivity contribution in [2.24, 2.45) is 5.73 Å². The van der Waals surface area contributed by atoms with Gasteiger partial charge in [0.2, 0.25) is 5.89 Å². The fourth-order valence-corrected chi connectivity index (χ4v) is 3.54. The van der Waals surface area contributed by atoms with Crippen molar-refractivity contribution in [2.45, 2.75) is 25.7 Å². The van der Waals surface area contributed by atoms with Gasteiger partial charge in [-0.15, -0.1) is 0 Å². The Morgan fingerprint density at radius 3 is 2.50 bits per heavy atom. The van der Waals surface area contributed by atoms with Gasteiger partial charge in [-0.3, -0.25) is 4.79 Å². The second-order valence-corrected chi connectivity index (χ2v) is 7.86. The van der Waals surface area contributed by atoms with Crippen LogP contribution in [0.3, 0.4) is 0 Å². The van der Waals surface area contributed by atoms with Crippen molar-refractivity contribution in [2.75, 3.05) is 7.11 Å². The largest absolute Gasteiger partial charge is 0.494 e. The van der Waals surface area contributed by atoms with Gasteiger partial charge < -0.3 is 20.2 Å². The highest BCUT2D eigenvalue weighted by molar-refractivity contribution is 5.98. The number of hydrogen-bond acceptors (Lipinski definition) is 6. The van der Waals surface area contributed by atoms with Crippen LogP contribution in [0.25, 0.3) is 22.4 Å². The normalized spacial score (nSPS) is 12.6. The van der Waals surface area contributed by atoms with Crippen molar-refractivity contribution < 1.29 is 35.9 Å². The summed E-state index contributed by atoms with van der Waals surface area (Å²) in [6.45, 7) is 1.42. The molecule has 7 nitrogen and oxygen atoms in total. The number of oxazole rings is 1. The molecule has 12 heteroatoms. The molecule has 1 amide bonds. The van der Waals surface area contributed by atoms with Gasteiger partial charge in [0.25, 0.3) is 5.91 Å². The van der Waals surface area contributed by atoms with Crippen molar-refractivity contribution >= 4 is 16.8 Å². The number of aromatic nitrogens is 2. The molecule has 0 bridgehead atoms. The quantitative estimate of drug-likeness (QED) is 0.351. The van der Waals surface area contributed by atoms with Gasteiger partial charge in [-0.05, 0) is 48.9 Å². The lowest BCUT2D eigenvalue weighted by atomic mass is 10.1. The Bertz CT molecular complexity index is 1450. The standard InChI is InChI=1S/C24H19F5N4O3/c1-11(30)21-20(22(34)31-10-12-3-6-15(25)16(26)9-12)33-23(36-21)14-4-7-17(35-2)19-13(14)5-8-18(32-19)24(27,28)29/h3-9,11H,10,30H2,1-2H3,(H,31,34)/t11-/m0/s1. The van der Waals surface area contributed by atoms with E-state index in [-0.39, 0.29) is 46.1 Å². The van der Waals surface area contributed by atoms with Gasteiger partial charge in [-0.25, -0.2) is 18.7 Å². The molecule has 0 spiro atoms. The predicted molar refractivity (Wildman–Crippen MR) is 119 cm³/mol. The second-order valence-electron chi connectivity index (χ2n) is 7.86. The summed E-state index contributed by atoms with van der Waals surface area (Å²) in [5.41, 5.74) is 5.18. The molecule has 2 heterocycles. The summed E-state index contributed by atoms with van der Waals surface area (Å²) in [5, 5.41) is 2.78. The first-order chi connectivity index (χ1) is 17.0. The molecule has 2 aromatic carbocycles. The number of amides is 1. The Kier molecular flexibility index (Phi) is 6.63. The molecular weight excluding hydrogens is 487 g/mol. The number of hydrogen-bond donors (Lipinski definition) is 2. The molecule has 4 aromatic rings. The number of benzene rings is 2. The maximum Gasteiger partial charge on any atom is 0.433 e. The van der Waals surface area contributed by atoms with Crippen LogP contribution in [0.15, 0.2) is 46.9 Å². The number of pyridine rings is 1. The third-order valence-corrected chi connectivity index (χ3v) is 5.28. The number of nitrogens with one attached hydrogen (secondary N) is 1. The zero-order valence-electron chi connectivity index (χ0n) is 18.9. The Balaban J connectivity index is 1.73. The molecule has 36 heavy (non-hydrogen) atoms. The van der Waals surface area contributed by atoms with Gasteiger partial charge in [0.05, 0.1) is 13.2 Å². The number of carbonyl (C=O) groups excluding carboxylic acids is 1. The summed E-state index contributed by atoms with van der Waals surface area (Å²) in [6, 6.07) is 7.37. The second kappa shape index (κ2) is 9.53. The summed E-state index contributed by atoms with van der Waals surface area (Å²) >= 11 is 0. The van der Waals surface area contributed by atoms with Crippen molar-refractivity contribution in [1.29, 1.82) is 0 Å². The number of halogens is 5. The molecule has 4 rings (SSSR count). The smallest absolute Gasteiger partial charge is 0.433 e. The van der Waals surface area contributed by atoms with Gasteiger partial charge in [-0.1, -0.05) is 6.07 Å². The number of fused-ring (bicyclic) bond motifs is 1. The summed E-state index contributed by atoms with van der Waals surface area (Å²) in [6.07, 6.45) is -4.67. The van der Waals surface area contributed by atoms with E-state index in [1.54, 1.807) is 6.92 Å². The molecule has 0 fully saturated rings. The zero-order chi connectivity index (χ0) is 26.2. The van der Waals surface area contributed by atoms with E-state index in [1.165, 1.54) is 31.4 Å². The van der Waals surface area contributed by atoms with E-state index in [4.69, 9.17) is 14.9 Å². The molecule has 2 aromatic heterocycles. The monoisotopic (exact) mass is 506 g/mol. The Morgan fingerprint density at radius 1 is 1.11 bits per heavy atom. The molecule has 188 valence electrons. The van der Waals surface area contributed by atoms with E-state index in [9.17, 15) is 26.7 Å². The van der Waals surface area contributed by atoms with Crippen LogP contribution < -0.4 is 15.8 Å². The molecule has 0 saturated heterocycles. The third kappa shape index (κ3) is 4.85. The Hall–Kier alpha value is -4.06. The van der Waals surface area contributed by atoms with Crippen LogP contribution >= 0.6 is 0 Å². The van der Waals surface area contributed by atoms with Gasteiger partial charge in [0.15, 0.2) is 23.1 Å². The fraction of sp³-hybridized carbons (Fsp3) is 0.208. The van der Waals surface area contributed by atoms with Crippen LogP contribution in [0.1, 0.15) is 40.5 Å². The van der Waals surface area contributed by atoms with E-state index in [1.807, 2.05) is 0 Å². The van der Waals surface area contributed by atoms with Crippen molar-refractivity contribution in [1.82, 2.24) is 15.3 Å². The van der Waals surface area contributed by atoms with E-state index < -0.39 is 35.5 Å². The summed E-state index contributed by atoms with van der Waals surface area (Å²) in [7, 11) is 1.30. The topological polar surface area (TPSA) is 103 Å². The highest BCUT2D eigenvalue weighted by Crippen LogP contribution is 2.37. The average Bonchev–Trinajstić information content (AvgIpc) is 3.28. The van der Waals surface area contributed by atoms with Crippen LogP contribution in [-0.4, -0.2) is 23.0 Å². The third-order valence-electron chi connectivity index (χ3n) is 5.28. The lowest BCUT2D eigenvalue weighted by Crippen LogP contribution is -2.25. The highest BCUT2D eigenvalue weighted by Gasteiger charge is 2.33. The van der Waals surface area contributed by atoms with E-state index in [0.717, 1.165) is 18.2 Å². The van der Waals surface area contributed by atoms with Crippen LogP contribution in [0.2, 0.25) is 0 Å². The number of ether oxygens (including phenoxy) is 1. The van der Waals surface area contributed by atoms with Gasteiger partial charge >= 0.3 is 6.18 Å². The van der Waals surface area contributed by atoms with Crippen LogP contribution in [0.5, 0.6) is 5.75 Å². The minimum atomic E-state index is -4.67. The first kappa shape index (κ1) is 25.0. The summed E-state index contributed by atoms with van der Waals surface area (Å²) in [4.78, 5) is 20.8. The molecule has 0 radical (unpaired) electrons. The molecule has 0 aliphatic heterocycles.